The van der Waals surface area contributed by atoms with Crippen molar-refractivity contribution in [2.24, 2.45) is 0 Å². The lowest BCUT2D eigenvalue weighted by Gasteiger charge is -2.04. The van der Waals surface area contributed by atoms with Crippen LogP contribution >= 0.6 is 0 Å². The Balaban J connectivity index is 2.64. The summed E-state index contributed by atoms with van der Waals surface area (Å²) in [6.07, 6.45) is 0. The number of fused-ring (bicyclic) bond motifs is 1. The highest BCUT2D eigenvalue weighted by Gasteiger charge is 1.98. The SMILES string of the molecule is [2H]c1c([2H])c(-c2c([2H])c([2H])c3c([2H])c([2H])c([2H])c([2H])c3c2[2H])c([2H])c([2H])c1C. The van der Waals surface area contributed by atoms with E-state index in [9.17, 15) is 0 Å². The lowest BCUT2D eigenvalue weighted by Crippen LogP contribution is -1.79. The second kappa shape index (κ2) is 4.06. The molecule has 0 heterocycles. The van der Waals surface area contributed by atoms with Gasteiger partial charge in [-0.05, 0) is 34.9 Å². The Kier molecular flexibility index (Phi) is 0.886. The zero-order valence-corrected chi connectivity index (χ0v) is 9.00. The van der Waals surface area contributed by atoms with Crippen molar-refractivity contribution in [3.8, 4) is 11.1 Å². The van der Waals surface area contributed by atoms with Gasteiger partial charge < -0.3 is 0 Å². The van der Waals surface area contributed by atoms with Crippen LogP contribution in [0.3, 0.4) is 0 Å². The van der Waals surface area contributed by atoms with E-state index in [2.05, 4.69) is 0 Å². The van der Waals surface area contributed by atoms with Crippen molar-refractivity contribution < 1.29 is 15.1 Å². The van der Waals surface area contributed by atoms with Gasteiger partial charge >= 0.3 is 0 Å². The molecule has 0 amide bonds. The Hall–Kier alpha value is -2.08. The molecule has 3 aromatic carbocycles. The van der Waals surface area contributed by atoms with Crippen LogP contribution in [0.25, 0.3) is 21.9 Å². The van der Waals surface area contributed by atoms with Crippen LogP contribution < -0.4 is 0 Å². The van der Waals surface area contributed by atoms with E-state index in [0.29, 0.717) is 0 Å². The second-order valence-corrected chi connectivity index (χ2v) is 3.50. The molecule has 0 aromatic heterocycles. The van der Waals surface area contributed by atoms with Crippen molar-refractivity contribution in [3.63, 3.8) is 0 Å². The first-order chi connectivity index (χ1) is 12.9. The molecule has 0 atom stereocenters. The number of benzene rings is 3. The molecule has 3 rings (SSSR count). The van der Waals surface area contributed by atoms with E-state index in [1.54, 1.807) is 0 Å². The molecule has 0 saturated carbocycles. The van der Waals surface area contributed by atoms with Crippen LogP contribution in [-0.4, -0.2) is 0 Å². The van der Waals surface area contributed by atoms with Crippen LogP contribution in [0.5, 0.6) is 0 Å². The van der Waals surface area contributed by atoms with Gasteiger partial charge in [0.05, 0.1) is 15.1 Å². The monoisotopic (exact) mass is 229 g/mol. The molecule has 0 N–H and O–H groups in total. The molecule has 0 spiro atoms. The molecule has 0 saturated heterocycles. The molecule has 0 heteroatoms. The Labute approximate surface area is 117 Å². The van der Waals surface area contributed by atoms with Crippen LogP contribution in [0.4, 0.5) is 0 Å². The summed E-state index contributed by atoms with van der Waals surface area (Å²) >= 11 is 0. The molecule has 0 aliphatic heterocycles. The first-order valence-electron chi connectivity index (χ1n) is 10.5. The van der Waals surface area contributed by atoms with Crippen molar-refractivity contribution in [2.75, 3.05) is 0 Å². The lowest BCUT2D eigenvalue weighted by molar-refractivity contribution is 1.47. The standard InChI is InChI=1S/C17H14/c1-13-6-8-15(9-7-13)17-11-10-14-4-2-3-5-16(14)12-17/h2-12H,1H3/i2D,3D,4D,5D,6D,7D,8D,9D,10D,11D,12D. The number of hydrogen-bond acceptors (Lipinski definition) is 0. The van der Waals surface area contributed by atoms with E-state index in [-0.39, 0.29) is 39.5 Å². The van der Waals surface area contributed by atoms with Gasteiger partial charge in [-0.3, -0.25) is 0 Å². The predicted molar refractivity (Wildman–Crippen MR) is 74.1 cm³/mol. The van der Waals surface area contributed by atoms with Gasteiger partial charge in [-0.2, -0.15) is 0 Å². The second-order valence-electron chi connectivity index (χ2n) is 3.50. The summed E-state index contributed by atoms with van der Waals surface area (Å²) in [6.45, 7) is 1.42. The van der Waals surface area contributed by atoms with Crippen LogP contribution in [0.15, 0.2) is 66.5 Å². The van der Waals surface area contributed by atoms with Crippen molar-refractivity contribution in [2.45, 2.75) is 6.92 Å². The highest BCUT2D eigenvalue weighted by Crippen LogP contribution is 2.24. The van der Waals surface area contributed by atoms with Gasteiger partial charge in [-0.1, -0.05) is 66.0 Å². The van der Waals surface area contributed by atoms with Gasteiger partial charge in [-0.25, -0.2) is 0 Å². The van der Waals surface area contributed by atoms with Gasteiger partial charge in [0.1, 0.15) is 0 Å². The van der Waals surface area contributed by atoms with E-state index in [4.69, 9.17) is 15.1 Å². The Bertz CT molecular complexity index is 1150. The molecule has 0 bridgehead atoms. The summed E-state index contributed by atoms with van der Waals surface area (Å²) in [5, 5.41) is -0.577. The highest BCUT2D eigenvalue weighted by molar-refractivity contribution is 5.87. The van der Waals surface area contributed by atoms with E-state index in [1.165, 1.54) is 6.92 Å². The van der Waals surface area contributed by atoms with Gasteiger partial charge in [0.25, 0.3) is 0 Å². The van der Waals surface area contributed by atoms with Gasteiger partial charge in [0, 0.05) is 0 Å². The zero-order valence-electron chi connectivity index (χ0n) is 20.0. The Morgan fingerprint density at radius 1 is 0.706 bits per heavy atom. The first-order valence-corrected chi connectivity index (χ1v) is 5.00. The smallest absolute Gasteiger partial charge is 0.0616 e. The topological polar surface area (TPSA) is 0 Å². The third-order valence-electron chi connectivity index (χ3n) is 2.25. The molecule has 0 nitrogen and oxygen atoms in total. The highest BCUT2D eigenvalue weighted by atomic mass is 14.0. The summed E-state index contributed by atoms with van der Waals surface area (Å²) < 4.78 is 89.0. The maximum Gasteiger partial charge on any atom is 0.0636 e. The largest absolute Gasteiger partial charge is 0.0636 e. The van der Waals surface area contributed by atoms with Crippen LogP contribution in [0.2, 0.25) is 0 Å². The maximum atomic E-state index is 8.47. The summed E-state index contributed by atoms with van der Waals surface area (Å²) in [5.41, 5.74) is -0.594. The summed E-state index contributed by atoms with van der Waals surface area (Å²) in [5.74, 6) is 0. The maximum absolute atomic E-state index is 8.47. The summed E-state index contributed by atoms with van der Waals surface area (Å²) in [7, 11) is 0. The molecule has 0 aliphatic carbocycles. The van der Waals surface area contributed by atoms with E-state index in [1.807, 2.05) is 0 Å². The number of hydrogen-bond donors (Lipinski definition) is 0. The number of rotatable bonds is 1. The van der Waals surface area contributed by atoms with E-state index in [0.717, 1.165) is 0 Å². The minimum absolute atomic E-state index is 0.102. The molecule has 17 heavy (non-hydrogen) atoms. The molecule has 0 unspecified atom stereocenters. The fraction of sp³-hybridized carbons (Fsp3) is 0.0588. The Morgan fingerprint density at radius 3 is 2.12 bits per heavy atom. The summed E-state index contributed by atoms with van der Waals surface area (Å²) in [6, 6.07) is -5.59. The van der Waals surface area contributed by atoms with E-state index < -0.39 is 54.4 Å². The lowest BCUT2D eigenvalue weighted by atomic mass is 10.0. The van der Waals surface area contributed by atoms with Crippen molar-refractivity contribution in [1.29, 1.82) is 0 Å². The van der Waals surface area contributed by atoms with Gasteiger partial charge in [0.2, 0.25) is 0 Å². The predicted octanol–water partition coefficient (Wildman–Crippen LogP) is 4.82. The normalized spacial score (nSPS) is 19.7. The van der Waals surface area contributed by atoms with Gasteiger partial charge in [0.15, 0.2) is 0 Å². The van der Waals surface area contributed by atoms with Crippen LogP contribution in [-0.2, 0) is 0 Å². The van der Waals surface area contributed by atoms with Crippen LogP contribution in [0.1, 0.15) is 20.6 Å². The average molecular weight is 229 g/mol. The van der Waals surface area contributed by atoms with E-state index >= 15 is 0 Å². The fourth-order valence-corrected chi connectivity index (χ4v) is 1.41. The molecule has 3 aromatic rings. The first kappa shape index (κ1) is 3.71. The minimum Gasteiger partial charge on any atom is -0.0616 e. The Morgan fingerprint density at radius 2 is 1.35 bits per heavy atom. The molecular formula is C17H14. The third kappa shape index (κ3) is 1.94. The minimum atomic E-state index is -0.599. The molecular weight excluding hydrogens is 204 g/mol. The zero-order chi connectivity index (χ0) is 21.2. The molecule has 0 radical (unpaired) electrons. The average Bonchev–Trinajstić information content (AvgIpc) is 2.66. The summed E-state index contributed by atoms with van der Waals surface area (Å²) in [4.78, 5) is 0. The quantitative estimate of drug-likeness (QED) is 0.561. The van der Waals surface area contributed by atoms with Gasteiger partial charge in [-0.15, -0.1) is 0 Å². The molecule has 82 valence electrons. The fourth-order valence-electron chi connectivity index (χ4n) is 1.41. The van der Waals surface area contributed by atoms with Crippen molar-refractivity contribution in [1.82, 2.24) is 0 Å². The van der Waals surface area contributed by atoms with Crippen molar-refractivity contribution >= 4 is 10.8 Å². The molecule has 0 aliphatic rings. The van der Waals surface area contributed by atoms with Crippen LogP contribution in [0, 0.1) is 6.92 Å². The van der Waals surface area contributed by atoms with Crippen molar-refractivity contribution in [3.05, 3.63) is 72.0 Å². The third-order valence-corrected chi connectivity index (χ3v) is 2.25. The molecule has 0 fully saturated rings.